The summed E-state index contributed by atoms with van der Waals surface area (Å²) in [6.45, 7) is 2.58. The molecule has 0 saturated carbocycles. The zero-order chi connectivity index (χ0) is 14.5. The molecule has 0 aromatic carbocycles. The largest absolute Gasteiger partial charge is 0.381 e. The van der Waals surface area contributed by atoms with E-state index in [0.717, 1.165) is 60.3 Å². The van der Waals surface area contributed by atoms with Crippen LogP contribution in [-0.2, 0) is 4.74 Å². The molecule has 1 aromatic heterocycles. The monoisotopic (exact) mass is 298 g/mol. The summed E-state index contributed by atoms with van der Waals surface area (Å²) in [6.07, 6.45) is 8.29. The van der Waals surface area contributed by atoms with Gasteiger partial charge >= 0.3 is 0 Å². The zero-order valence-electron chi connectivity index (χ0n) is 12.1. The van der Waals surface area contributed by atoms with Crippen molar-refractivity contribution in [3.05, 3.63) is 34.1 Å². The van der Waals surface area contributed by atoms with Crippen LogP contribution < -0.4 is 26.8 Å². The van der Waals surface area contributed by atoms with Gasteiger partial charge in [-0.15, -0.1) is 0 Å². The number of aromatic nitrogens is 2. The Bertz CT molecular complexity index is 798. The van der Waals surface area contributed by atoms with Gasteiger partial charge in [-0.2, -0.15) is 5.10 Å². The number of ether oxygens (including phenoxy) is 1. The lowest BCUT2D eigenvalue weighted by atomic mass is 10.1. The predicted molar refractivity (Wildman–Crippen MR) is 81.7 cm³/mol. The second-order valence-electron chi connectivity index (χ2n) is 6.00. The van der Waals surface area contributed by atoms with Gasteiger partial charge in [-0.25, -0.2) is 5.01 Å². The van der Waals surface area contributed by atoms with Crippen molar-refractivity contribution in [1.82, 2.24) is 31.5 Å². The molecule has 7 nitrogen and oxygen atoms in total. The molecule has 7 heteroatoms. The zero-order valence-corrected chi connectivity index (χ0v) is 12.1. The number of H-pyrrole nitrogens is 1. The van der Waals surface area contributed by atoms with Gasteiger partial charge in [-0.05, 0) is 25.0 Å². The first-order valence-corrected chi connectivity index (χ1v) is 7.73. The Morgan fingerprint density at radius 1 is 1.18 bits per heavy atom. The Hall–Kier alpha value is -2.25. The van der Waals surface area contributed by atoms with Crippen molar-refractivity contribution < 1.29 is 4.74 Å². The van der Waals surface area contributed by atoms with E-state index in [9.17, 15) is 0 Å². The van der Waals surface area contributed by atoms with Crippen molar-refractivity contribution in [2.45, 2.75) is 18.9 Å². The molecule has 0 bridgehead atoms. The summed E-state index contributed by atoms with van der Waals surface area (Å²) in [6, 6.07) is 0.527. The summed E-state index contributed by atoms with van der Waals surface area (Å²) < 4.78 is 5.47. The quantitative estimate of drug-likeness (QED) is 0.513. The summed E-state index contributed by atoms with van der Waals surface area (Å²) in [7, 11) is 0. The molecule has 0 atom stereocenters. The Kier molecular flexibility index (Phi) is 2.59. The summed E-state index contributed by atoms with van der Waals surface area (Å²) in [5.41, 5.74) is 14.3. The molecule has 1 saturated heterocycles. The third kappa shape index (κ3) is 1.72. The number of aromatic amines is 1. The molecule has 0 amide bonds. The van der Waals surface area contributed by atoms with E-state index in [1.165, 1.54) is 5.57 Å². The molecule has 4 N–H and O–H groups in total. The van der Waals surface area contributed by atoms with Gasteiger partial charge in [0.1, 0.15) is 5.69 Å². The second-order valence-corrected chi connectivity index (χ2v) is 6.00. The summed E-state index contributed by atoms with van der Waals surface area (Å²) in [5.74, 6) is 0. The Morgan fingerprint density at radius 2 is 2.05 bits per heavy atom. The maximum absolute atomic E-state index is 5.47. The molecule has 0 radical (unpaired) electrons. The van der Waals surface area contributed by atoms with Crippen LogP contribution in [0.5, 0.6) is 0 Å². The maximum atomic E-state index is 5.47. The highest BCUT2D eigenvalue weighted by atomic mass is 16.5. The van der Waals surface area contributed by atoms with E-state index in [4.69, 9.17) is 4.74 Å². The fourth-order valence-corrected chi connectivity index (χ4v) is 3.57. The first-order chi connectivity index (χ1) is 10.9. The average molecular weight is 298 g/mol. The van der Waals surface area contributed by atoms with Crippen LogP contribution in [0.3, 0.4) is 0 Å². The smallest absolute Gasteiger partial charge is 0.102 e. The SMILES string of the molecule is C1=CC2=c3c(n[nH]c3=CNN2)C2=C1NN(C1CCOCC1)C2. The van der Waals surface area contributed by atoms with Crippen LogP contribution in [-0.4, -0.2) is 41.0 Å². The molecule has 114 valence electrons. The van der Waals surface area contributed by atoms with E-state index < -0.39 is 0 Å². The van der Waals surface area contributed by atoms with Crippen LogP contribution in [0.2, 0.25) is 0 Å². The lowest BCUT2D eigenvalue weighted by molar-refractivity contribution is 0.0287. The minimum Gasteiger partial charge on any atom is -0.381 e. The number of rotatable bonds is 1. The Morgan fingerprint density at radius 3 is 2.95 bits per heavy atom. The van der Waals surface area contributed by atoms with Gasteiger partial charge in [-0.3, -0.25) is 5.10 Å². The standard InChI is InChI=1S/C15H18N6O/c1-2-12-14-13(7-16-17-12)18-19-15(14)10-8-21(20-11(1)10)9-3-5-22-6-4-9/h1-2,7,9,16-18,20H,3-6,8H2. The summed E-state index contributed by atoms with van der Waals surface area (Å²) in [5, 5.41) is 12.2. The highest BCUT2D eigenvalue weighted by Gasteiger charge is 2.31. The molecular weight excluding hydrogens is 280 g/mol. The van der Waals surface area contributed by atoms with E-state index in [1.54, 1.807) is 0 Å². The van der Waals surface area contributed by atoms with Crippen LogP contribution in [0, 0.1) is 0 Å². The molecule has 4 aliphatic rings. The number of hydrazine groups is 2. The fraction of sp³-hybridized carbons (Fsp3) is 0.400. The highest BCUT2D eigenvalue weighted by molar-refractivity contribution is 5.77. The van der Waals surface area contributed by atoms with Crippen molar-refractivity contribution in [2.75, 3.05) is 19.8 Å². The maximum Gasteiger partial charge on any atom is 0.102 e. The molecule has 4 heterocycles. The molecule has 0 spiro atoms. The third-order valence-electron chi connectivity index (χ3n) is 4.74. The minimum atomic E-state index is 0.527. The van der Waals surface area contributed by atoms with Crippen LogP contribution in [0.25, 0.3) is 17.5 Å². The van der Waals surface area contributed by atoms with Gasteiger partial charge in [0.2, 0.25) is 0 Å². The number of allylic oxidation sites excluding steroid dienone is 1. The summed E-state index contributed by atoms with van der Waals surface area (Å²) >= 11 is 0. The normalized spacial score (nSPS) is 23.9. The van der Waals surface area contributed by atoms with E-state index in [0.29, 0.717) is 6.04 Å². The molecule has 1 aliphatic carbocycles. The second kappa shape index (κ2) is 4.62. The highest BCUT2D eigenvalue weighted by Crippen LogP contribution is 2.27. The number of hydrogen-bond acceptors (Lipinski definition) is 6. The topological polar surface area (TPSA) is 77.2 Å². The third-order valence-corrected chi connectivity index (χ3v) is 4.74. The van der Waals surface area contributed by atoms with Gasteiger partial charge in [-0.1, -0.05) is 0 Å². The molecular formula is C15H18N6O. The van der Waals surface area contributed by atoms with E-state index in [2.05, 4.69) is 43.6 Å². The lowest BCUT2D eigenvalue weighted by Crippen LogP contribution is -2.45. The van der Waals surface area contributed by atoms with Crippen molar-refractivity contribution in [3.8, 4) is 0 Å². The molecule has 22 heavy (non-hydrogen) atoms. The van der Waals surface area contributed by atoms with Crippen LogP contribution in [0.15, 0.2) is 17.8 Å². The van der Waals surface area contributed by atoms with Gasteiger partial charge < -0.3 is 21.0 Å². The molecule has 0 unspecified atom stereocenters. The van der Waals surface area contributed by atoms with Gasteiger partial charge in [0.15, 0.2) is 0 Å². The lowest BCUT2D eigenvalue weighted by Gasteiger charge is -2.31. The molecule has 3 aliphatic heterocycles. The fourth-order valence-electron chi connectivity index (χ4n) is 3.57. The van der Waals surface area contributed by atoms with E-state index in [1.807, 2.05) is 6.20 Å². The minimum absolute atomic E-state index is 0.527. The summed E-state index contributed by atoms with van der Waals surface area (Å²) in [4.78, 5) is 0. The van der Waals surface area contributed by atoms with E-state index >= 15 is 0 Å². The van der Waals surface area contributed by atoms with Crippen molar-refractivity contribution in [1.29, 1.82) is 0 Å². The predicted octanol–water partition coefficient (Wildman–Crippen LogP) is -1.36. The van der Waals surface area contributed by atoms with Crippen molar-refractivity contribution in [2.24, 2.45) is 0 Å². The average Bonchev–Trinajstić information content (AvgIpc) is 3.14. The van der Waals surface area contributed by atoms with Crippen LogP contribution in [0.4, 0.5) is 0 Å². The molecule has 5 rings (SSSR count). The Balaban J connectivity index is 1.54. The van der Waals surface area contributed by atoms with Gasteiger partial charge in [0, 0.05) is 37.6 Å². The first kappa shape index (κ1) is 12.3. The number of nitrogens with zero attached hydrogens (tertiary/aromatic N) is 2. The molecule has 1 fully saturated rings. The van der Waals surface area contributed by atoms with Crippen LogP contribution in [0.1, 0.15) is 18.5 Å². The van der Waals surface area contributed by atoms with Gasteiger partial charge in [0.05, 0.1) is 22.0 Å². The van der Waals surface area contributed by atoms with Crippen molar-refractivity contribution in [3.63, 3.8) is 0 Å². The molecule has 1 aromatic rings. The number of nitrogens with one attached hydrogen (secondary N) is 4. The van der Waals surface area contributed by atoms with Crippen LogP contribution >= 0.6 is 0 Å². The number of hydrogen-bond donors (Lipinski definition) is 4. The van der Waals surface area contributed by atoms with E-state index in [-0.39, 0.29) is 0 Å². The first-order valence-electron chi connectivity index (χ1n) is 7.73. The van der Waals surface area contributed by atoms with Gasteiger partial charge in [0.25, 0.3) is 0 Å². The van der Waals surface area contributed by atoms with Crippen molar-refractivity contribution >= 4 is 17.5 Å². The number of fused-ring (bicyclic) bond motifs is 1. The Labute approximate surface area is 127 Å².